The van der Waals surface area contributed by atoms with E-state index in [0.717, 1.165) is 29.1 Å². The highest BCUT2D eigenvalue weighted by atomic mass is 16.1. The number of nitriles is 1. The molecular formula is C21H25N3O. The molecular weight excluding hydrogens is 310 g/mol. The number of nitrogens with one attached hydrogen (secondary N) is 1. The van der Waals surface area contributed by atoms with Crippen molar-refractivity contribution in [3.63, 3.8) is 0 Å². The van der Waals surface area contributed by atoms with Gasteiger partial charge in [-0.1, -0.05) is 19.1 Å². The van der Waals surface area contributed by atoms with Crippen LogP contribution in [0.25, 0.3) is 11.8 Å². The summed E-state index contributed by atoms with van der Waals surface area (Å²) in [5.41, 5.74) is 5.45. The predicted octanol–water partition coefficient (Wildman–Crippen LogP) is 4.09. The van der Waals surface area contributed by atoms with Gasteiger partial charge in [-0.2, -0.15) is 5.26 Å². The highest BCUT2D eigenvalue weighted by Crippen LogP contribution is 2.23. The van der Waals surface area contributed by atoms with Gasteiger partial charge in [0.05, 0.1) is 0 Å². The molecule has 1 amide bonds. The zero-order valence-electron chi connectivity index (χ0n) is 15.6. The number of aromatic nitrogens is 1. The minimum atomic E-state index is -0.338. The van der Waals surface area contributed by atoms with Crippen LogP contribution in [0.3, 0.4) is 0 Å². The zero-order valence-corrected chi connectivity index (χ0v) is 15.6. The first kappa shape index (κ1) is 18.5. The van der Waals surface area contributed by atoms with Crippen LogP contribution in [0.1, 0.15) is 43.3 Å². The maximum absolute atomic E-state index is 12.1. The molecule has 0 spiro atoms. The number of carbonyl (C=O) groups is 1. The summed E-state index contributed by atoms with van der Waals surface area (Å²) in [6.07, 6.45) is 2.67. The standard InChI is InChI=1S/C21H25N3O/c1-6-17-7-9-20(10-8-17)24-15(4)11-18(16(24)5)12-19(13-22)21(25)23-14(2)3/h7-12,14H,6H2,1-5H3,(H,23,25)/b19-12-. The Morgan fingerprint density at radius 2 is 1.92 bits per heavy atom. The SMILES string of the molecule is CCc1ccc(-n2c(C)cc(/C=C(/C#N)C(=O)NC(C)C)c2C)cc1. The molecule has 0 aliphatic carbocycles. The molecule has 0 fully saturated rings. The minimum Gasteiger partial charge on any atom is -0.349 e. The smallest absolute Gasteiger partial charge is 0.262 e. The van der Waals surface area contributed by atoms with E-state index in [9.17, 15) is 10.1 Å². The molecule has 0 saturated carbocycles. The third-order valence-electron chi connectivity index (χ3n) is 4.16. The third-order valence-corrected chi connectivity index (χ3v) is 4.16. The number of hydrogen-bond donors (Lipinski definition) is 1. The minimum absolute atomic E-state index is 0.00578. The second kappa shape index (κ2) is 7.85. The van der Waals surface area contributed by atoms with E-state index in [4.69, 9.17) is 0 Å². The Hall–Kier alpha value is -2.80. The Morgan fingerprint density at radius 3 is 2.44 bits per heavy atom. The molecule has 0 atom stereocenters. The van der Waals surface area contributed by atoms with Gasteiger partial charge in [0, 0.05) is 23.1 Å². The number of carbonyl (C=O) groups excluding carboxylic acids is 1. The van der Waals surface area contributed by atoms with E-state index >= 15 is 0 Å². The summed E-state index contributed by atoms with van der Waals surface area (Å²) in [6.45, 7) is 9.91. The Kier molecular flexibility index (Phi) is 5.82. The number of nitrogens with zero attached hydrogens (tertiary/aromatic N) is 2. The molecule has 0 aliphatic rings. The molecule has 1 aromatic carbocycles. The predicted molar refractivity (Wildman–Crippen MR) is 101 cm³/mol. The van der Waals surface area contributed by atoms with Crippen LogP contribution >= 0.6 is 0 Å². The zero-order chi connectivity index (χ0) is 18.6. The van der Waals surface area contributed by atoms with Crippen LogP contribution in [0, 0.1) is 25.2 Å². The van der Waals surface area contributed by atoms with Crippen LogP contribution in [-0.4, -0.2) is 16.5 Å². The third kappa shape index (κ3) is 4.19. The van der Waals surface area contributed by atoms with Gasteiger partial charge < -0.3 is 9.88 Å². The van der Waals surface area contributed by atoms with E-state index in [1.807, 2.05) is 39.8 Å². The van der Waals surface area contributed by atoms with E-state index in [1.165, 1.54) is 5.56 Å². The lowest BCUT2D eigenvalue weighted by molar-refractivity contribution is -0.117. The number of hydrogen-bond acceptors (Lipinski definition) is 2. The molecule has 1 heterocycles. The molecule has 0 aliphatic heterocycles. The van der Waals surface area contributed by atoms with Gasteiger partial charge in [0.2, 0.25) is 0 Å². The van der Waals surface area contributed by atoms with Crippen LogP contribution in [0.2, 0.25) is 0 Å². The molecule has 0 unspecified atom stereocenters. The van der Waals surface area contributed by atoms with Gasteiger partial charge in [-0.3, -0.25) is 4.79 Å². The fourth-order valence-electron chi connectivity index (χ4n) is 2.86. The largest absolute Gasteiger partial charge is 0.349 e. The highest BCUT2D eigenvalue weighted by molar-refractivity contribution is 6.02. The van der Waals surface area contributed by atoms with Crippen molar-refractivity contribution >= 4 is 12.0 Å². The lowest BCUT2D eigenvalue weighted by Crippen LogP contribution is -2.30. The molecule has 1 aromatic heterocycles. The molecule has 0 saturated heterocycles. The monoisotopic (exact) mass is 335 g/mol. The summed E-state index contributed by atoms with van der Waals surface area (Å²) in [5, 5.41) is 12.1. The van der Waals surface area contributed by atoms with Crippen molar-refractivity contribution in [1.82, 2.24) is 9.88 Å². The molecule has 1 N–H and O–H groups in total. The lowest BCUT2D eigenvalue weighted by Gasteiger charge is -2.10. The van der Waals surface area contributed by atoms with Crippen LogP contribution in [0.4, 0.5) is 0 Å². The Morgan fingerprint density at radius 1 is 1.28 bits per heavy atom. The van der Waals surface area contributed by atoms with Crippen LogP contribution in [0.5, 0.6) is 0 Å². The summed E-state index contributed by atoms with van der Waals surface area (Å²) in [7, 11) is 0. The van der Waals surface area contributed by atoms with Crippen LogP contribution in [-0.2, 0) is 11.2 Å². The van der Waals surface area contributed by atoms with Crippen molar-refractivity contribution in [2.24, 2.45) is 0 Å². The van der Waals surface area contributed by atoms with Crippen molar-refractivity contribution in [3.05, 3.63) is 58.4 Å². The summed E-state index contributed by atoms with van der Waals surface area (Å²) in [6, 6.07) is 12.5. The topological polar surface area (TPSA) is 57.8 Å². The van der Waals surface area contributed by atoms with Crippen molar-refractivity contribution in [3.8, 4) is 11.8 Å². The fourth-order valence-corrected chi connectivity index (χ4v) is 2.86. The lowest BCUT2D eigenvalue weighted by atomic mass is 10.1. The molecule has 2 aromatic rings. The average molecular weight is 335 g/mol. The van der Waals surface area contributed by atoms with Gasteiger partial charge in [0.25, 0.3) is 5.91 Å². The van der Waals surface area contributed by atoms with E-state index in [0.29, 0.717) is 0 Å². The van der Waals surface area contributed by atoms with E-state index < -0.39 is 0 Å². The van der Waals surface area contributed by atoms with Gasteiger partial charge in [-0.05, 0) is 69.5 Å². The number of amides is 1. The van der Waals surface area contributed by atoms with E-state index in [2.05, 4.69) is 41.1 Å². The van der Waals surface area contributed by atoms with Crippen molar-refractivity contribution < 1.29 is 4.79 Å². The highest BCUT2D eigenvalue weighted by Gasteiger charge is 2.14. The second-order valence-electron chi connectivity index (χ2n) is 6.48. The number of benzene rings is 1. The van der Waals surface area contributed by atoms with Gasteiger partial charge in [0.15, 0.2) is 0 Å². The summed E-state index contributed by atoms with van der Waals surface area (Å²) >= 11 is 0. The molecule has 0 radical (unpaired) electrons. The number of rotatable bonds is 5. The van der Waals surface area contributed by atoms with Gasteiger partial charge in [-0.15, -0.1) is 0 Å². The molecule has 130 valence electrons. The van der Waals surface area contributed by atoms with Gasteiger partial charge in [0.1, 0.15) is 11.6 Å². The Balaban J connectivity index is 2.43. The fraction of sp³-hybridized carbons (Fsp3) is 0.333. The molecule has 2 rings (SSSR count). The van der Waals surface area contributed by atoms with E-state index in [-0.39, 0.29) is 17.5 Å². The van der Waals surface area contributed by atoms with Gasteiger partial charge in [-0.25, -0.2) is 0 Å². The average Bonchev–Trinajstić information content (AvgIpc) is 2.85. The molecule has 25 heavy (non-hydrogen) atoms. The maximum Gasteiger partial charge on any atom is 0.262 e. The summed E-state index contributed by atoms with van der Waals surface area (Å²) < 4.78 is 2.14. The van der Waals surface area contributed by atoms with Crippen molar-refractivity contribution in [2.45, 2.75) is 47.1 Å². The Labute approximate surface area is 149 Å². The first-order chi connectivity index (χ1) is 11.9. The van der Waals surface area contributed by atoms with Crippen LogP contribution in [0.15, 0.2) is 35.9 Å². The van der Waals surface area contributed by atoms with E-state index in [1.54, 1.807) is 6.08 Å². The van der Waals surface area contributed by atoms with Crippen molar-refractivity contribution in [1.29, 1.82) is 5.26 Å². The summed E-state index contributed by atoms with van der Waals surface area (Å²) in [4.78, 5) is 12.1. The first-order valence-electron chi connectivity index (χ1n) is 8.58. The molecule has 0 bridgehead atoms. The normalized spacial score (nSPS) is 11.5. The molecule has 4 heteroatoms. The van der Waals surface area contributed by atoms with Crippen molar-refractivity contribution in [2.75, 3.05) is 0 Å². The first-order valence-corrected chi connectivity index (χ1v) is 8.58. The van der Waals surface area contributed by atoms with Crippen LogP contribution < -0.4 is 5.32 Å². The molecule has 4 nitrogen and oxygen atoms in total. The quantitative estimate of drug-likeness (QED) is 0.661. The maximum atomic E-state index is 12.1. The van der Waals surface area contributed by atoms with Gasteiger partial charge >= 0.3 is 0 Å². The summed E-state index contributed by atoms with van der Waals surface area (Å²) in [5.74, 6) is -0.338. The second-order valence-corrected chi connectivity index (χ2v) is 6.48. The number of aryl methyl sites for hydroxylation is 2. The Bertz CT molecular complexity index is 833.